The van der Waals surface area contributed by atoms with Crippen molar-refractivity contribution < 1.29 is 23.2 Å². The van der Waals surface area contributed by atoms with E-state index in [4.69, 9.17) is 0 Å². The van der Waals surface area contributed by atoms with Gasteiger partial charge in [0.25, 0.3) is 5.91 Å². The number of rotatable bonds is 2. The predicted octanol–water partition coefficient (Wildman–Crippen LogP) is 1.38. The summed E-state index contributed by atoms with van der Waals surface area (Å²) >= 11 is 0. The zero-order valence-corrected chi connectivity index (χ0v) is 15.3. The molecule has 0 unspecified atom stereocenters. The van der Waals surface area contributed by atoms with Gasteiger partial charge >= 0.3 is 6.03 Å². The Kier molecular flexibility index (Phi) is 4.68. The van der Waals surface area contributed by atoms with Crippen molar-refractivity contribution in [3.8, 4) is 0 Å². The topological polar surface area (TPSA) is 81.8 Å². The first-order valence-corrected chi connectivity index (χ1v) is 9.50. The number of hydrogen-bond donors (Lipinski definition) is 2. The van der Waals surface area contributed by atoms with E-state index in [2.05, 4.69) is 10.6 Å². The van der Waals surface area contributed by atoms with Crippen molar-refractivity contribution in [2.75, 3.05) is 31.1 Å². The molecule has 7 nitrogen and oxygen atoms in total. The van der Waals surface area contributed by atoms with Crippen molar-refractivity contribution >= 4 is 23.5 Å². The lowest BCUT2D eigenvalue weighted by Gasteiger charge is -2.40. The molecule has 2 saturated heterocycles. The van der Waals surface area contributed by atoms with Crippen LogP contribution in [-0.4, -0.2) is 54.5 Å². The molecular weight excluding hydrogens is 370 g/mol. The van der Waals surface area contributed by atoms with Gasteiger partial charge in [0, 0.05) is 43.9 Å². The largest absolute Gasteiger partial charge is 0.368 e. The normalized spacial score (nSPS) is 27.7. The number of benzene rings is 1. The van der Waals surface area contributed by atoms with Gasteiger partial charge in [0.2, 0.25) is 5.91 Å². The minimum atomic E-state index is -0.867. The summed E-state index contributed by atoms with van der Waals surface area (Å²) in [6.45, 7) is 1.97. The van der Waals surface area contributed by atoms with Crippen molar-refractivity contribution in [3.05, 3.63) is 29.8 Å². The summed E-state index contributed by atoms with van der Waals surface area (Å²) in [5, 5.41) is 4.97. The molecule has 0 atom stereocenters. The van der Waals surface area contributed by atoms with Crippen LogP contribution in [0.4, 0.5) is 19.3 Å². The van der Waals surface area contributed by atoms with Crippen molar-refractivity contribution in [3.63, 3.8) is 0 Å². The third-order valence-corrected chi connectivity index (χ3v) is 6.01. The number of carbonyl (C=O) groups is 3. The van der Waals surface area contributed by atoms with E-state index in [0.29, 0.717) is 57.5 Å². The van der Waals surface area contributed by atoms with Crippen LogP contribution in [0.3, 0.4) is 0 Å². The van der Waals surface area contributed by atoms with E-state index in [-0.39, 0.29) is 17.7 Å². The van der Waals surface area contributed by atoms with E-state index < -0.39 is 23.2 Å². The molecule has 2 aliphatic heterocycles. The Bertz CT molecular complexity index is 795. The number of anilines is 1. The highest BCUT2D eigenvalue weighted by atomic mass is 19.1. The molecule has 1 aromatic carbocycles. The maximum absolute atomic E-state index is 13.4. The van der Waals surface area contributed by atoms with Crippen LogP contribution in [0.2, 0.25) is 0 Å². The lowest BCUT2D eigenvalue weighted by Crippen LogP contribution is -2.53. The van der Waals surface area contributed by atoms with Gasteiger partial charge in [0.15, 0.2) is 0 Å². The highest BCUT2D eigenvalue weighted by Crippen LogP contribution is 2.35. The average molecular weight is 392 g/mol. The first-order valence-electron chi connectivity index (χ1n) is 9.50. The molecular formula is C19H22F2N4O3. The summed E-state index contributed by atoms with van der Waals surface area (Å²) in [6, 6.07) is 2.95. The minimum absolute atomic E-state index is 0.0460. The SMILES string of the molecule is O=C1NC(=O)C2(CCC(C(=O)N3CCN(c4cc(F)cc(F)c4)CC3)CC2)N1. The molecule has 4 amide bonds. The molecule has 1 spiro atoms. The molecule has 150 valence electrons. The van der Waals surface area contributed by atoms with Crippen molar-refractivity contribution in [1.82, 2.24) is 15.5 Å². The first kappa shape index (κ1) is 18.6. The van der Waals surface area contributed by atoms with Crippen LogP contribution in [-0.2, 0) is 9.59 Å². The Hall–Kier alpha value is -2.71. The van der Waals surface area contributed by atoms with Crippen LogP contribution in [0, 0.1) is 17.6 Å². The standard InChI is InChI=1S/C19H22F2N4O3/c20-13-9-14(21)11-15(10-13)24-5-7-25(8-6-24)16(26)12-1-3-19(4-2-12)17(27)22-18(28)23-19/h9-12H,1-8H2,(H2,22,23,27,28). The fraction of sp³-hybridized carbons (Fsp3) is 0.526. The van der Waals surface area contributed by atoms with E-state index in [1.54, 1.807) is 4.90 Å². The highest BCUT2D eigenvalue weighted by molar-refractivity contribution is 6.07. The lowest BCUT2D eigenvalue weighted by atomic mass is 9.76. The van der Waals surface area contributed by atoms with Crippen molar-refractivity contribution in [2.45, 2.75) is 31.2 Å². The summed E-state index contributed by atoms with van der Waals surface area (Å²) in [5.41, 5.74) is -0.388. The summed E-state index contributed by atoms with van der Waals surface area (Å²) in [4.78, 5) is 39.9. The molecule has 28 heavy (non-hydrogen) atoms. The molecule has 2 N–H and O–H groups in total. The number of halogens is 2. The van der Waals surface area contributed by atoms with E-state index >= 15 is 0 Å². The molecule has 3 aliphatic rings. The van der Waals surface area contributed by atoms with Crippen molar-refractivity contribution in [1.29, 1.82) is 0 Å². The Morgan fingerprint density at radius 1 is 1.00 bits per heavy atom. The molecule has 9 heteroatoms. The number of nitrogens with one attached hydrogen (secondary N) is 2. The van der Waals surface area contributed by atoms with Gasteiger partial charge in [-0.25, -0.2) is 13.6 Å². The monoisotopic (exact) mass is 392 g/mol. The number of hydrogen-bond acceptors (Lipinski definition) is 4. The zero-order valence-electron chi connectivity index (χ0n) is 15.3. The molecule has 1 saturated carbocycles. The van der Waals surface area contributed by atoms with Gasteiger partial charge in [-0.05, 0) is 37.8 Å². The van der Waals surface area contributed by atoms with Gasteiger partial charge < -0.3 is 15.1 Å². The maximum atomic E-state index is 13.4. The van der Waals surface area contributed by atoms with Crippen LogP contribution < -0.4 is 15.5 Å². The Balaban J connectivity index is 1.32. The van der Waals surface area contributed by atoms with E-state index in [1.165, 1.54) is 12.1 Å². The van der Waals surface area contributed by atoms with Gasteiger partial charge in [-0.15, -0.1) is 0 Å². The molecule has 0 aromatic heterocycles. The number of piperazine rings is 1. The first-order chi connectivity index (χ1) is 13.4. The Morgan fingerprint density at radius 3 is 2.14 bits per heavy atom. The van der Waals surface area contributed by atoms with Gasteiger partial charge in [-0.1, -0.05) is 0 Å². The summed E-state index contributed by atoms with van der Waals surface area (Å²) in [7, 11) is 0. The van der Waals surface area contributed by atoms with Crippen LogP contribution >= 0.6 is 0 Å². The lowest BCUT2D eigenvalue weighted by molar-refractivity contribution is -0.138. The van der Waals surface area contributed by atoms with Gasteiger partial charge in [-0.2, -0.15) is 0 Å². The molecule has 1 aliphatic carbocycles. The molecule has 0 bridgehead atoms. The number of carbonyl (C=O) groups excluding carboxylic acids is 3. The van der Waals surface area contributed by atoms with E-state index in [1.807, 2.05) is 4.90 Å². The molecule has 3 fully saturated rings. The number of nitrogens with zero attached hydrogens (tertiary/aromatic N) is 2. The second-order valence-electron chi connectivity index (χ2n) is 7.70. The minimum Gasteiger partial charge on any atom is -0.368 e. The third kappa shape index (κ3) is 3.41. The fourth-order valence-electron chi connectivity index (χ4n) is 4.40. The number of imide groups is 1. The fourth-order valence-corrected chi connectivity index (χ4v) is 4.40. The van der Waals surface area contributed by atoms with Crippen LogP contribution in [0.15, 0.2) is 18.2 Å². The second kappa shape index (κ2) is 7.03. The summed E-state index contributed by atoms with van der Waals surface area (Å²) in [6.07, 6.45) is 1.98. The number of amides is 4. The zero-order chi connectivity index (χ0) is 19.9. The Labute approximate surface area is 161 Å². The van der Waals surface area contributed by atoms with Crippen LogP contribution in [0.25, 0.3) is 0 Å². The molecule has 0 radical (unpaired) electrons. The quantitative estimate of drug-likeness (QED) is 0.746. The Morgan fingerprint density at radius 2 is 1.61 bits per heavy atom. The number of urea groups is 1. The predicted molar refractivity (Wildman–Crippen MR) is 96.5 cm³/mol. The molecule has 4 rings (SSSR count). The second-order valence-corrected chi connectivity index (χ2v) is 7.70. The van der Waals surface area contributed by atoms with E-state index in [9.17, 15) is 23.2 Å². The summed E-state index contributed by atoms with van der Waals surface area (Å²) < 4.78 is 26.8. The smallest absolute Gasteiger partial charge is 0.322 e. The highest BCUT2D eigenvalue weighted by Gasteiger charge is 2.49. The maximum Gasteiger partial charge on any atom is 0.322 e. The van der Waals surface area contributed by atoms with E-state index in [0.717, 1.165) is 6.07 Å². The van der Waals surface area contributed by atoms with Gasteiger partial charge in [-0.3, -0.25) is 14.9 Å². The van der Waals surface area contributed by atoms with Gasteiger partial charge in [0.05, 0.1) is 0 Å². The van der Waals surface area contributed by atoms with Crippen molar-refractivity contribution in [2.24, 2.45) is 5.92 Å². The van der Waals surface area contributed by atoms with Crippen LogP contribution in [0.1, 0.15) is 25.7 Å². The molecule has 2 heterocycles. The summed E-state index contributed by atoms with van der Waals surface area (Å²) in [5.74, 6) is -1.67. The third-order valence-electron chi connectivity index (χ3n) is 6.01. The molecule has 1 aromatic rings. The average Bonchev–Trinajstić information content (AvgIpc) is 2.94. The van der Waals surface area contributed by atoms with Gasteiger partial charge in [0.1, 0.15) is 17.2 Å². The van der Waals surface area contributed by atoms with Crippen LogP contribution in [0.5, 0.6) is 0 Å².